The minimum atomic E-state index is -1.85. The van der Waals surface area contributed by atoms with Crippen LogP contribution in [0.1, 0.15) is 105 Å². The van der Waals surface area contributed by atoms with Crippen molar-refractivity contribution in [1.82, 2.24) is 0 Å². The van der Waals surface area contributed by atoms with Crippen molar-refractivity contribution in [3.63, 3.8) is 0 Å². The van der Waals surface area contributed by atoms with Gasteiger partial charge >= 0.3 is 8.25 Å². The lowest BCUT2D eigenvalue weighted by molar-refractivity contribution is 0.221. The van der Waals surface area contributed by atoms with Gasteiger partial charge in [-0.2, -0.15) is 0 Å². The third-order valence-corrected chi connectivity index (χ3v) is 4.13. The first-order valence-electron chi connectivity index (χ1n) is 9.45. The van der Waals surface area contributed by atoms with Gasteiger partial charge in [0.1, 0.15) is 13.2 Å². The molecule has 0 aliphatic rings. The molecule has 0 aliphatic carbocycles. The van der Waals surface area contributed by atoms with E-state index in [0.717, 1.165) is 25.7 Å². The molecular formula is C18H40O3P+. The summed E-state index contributed by atoms with van der Waals surface area (Å²) in [5.74, 6) is 0. The van der Waals surface area contributed by atoms with Crippen molar-refractivity contribution in [2.24, 2.45) is 0 Å². The van der Waals surface area contributed by atoms with Crippen LogP contribution < -0.4 is 0 Å². The van der Waals surface area contributed by atoms with Crippen molar-refractivity contribution in [3.8, 4) is 0 Å². The number of rotatable bonds is 15. The van der Waals surface area contributed by atoms with Crippen molar-refractivity contribution >= 4 is 8.25 Å². The predicted molar refractivity (Wildman–Crippen MR) is 97.6 cm³/mol. The zero-order chi connectivity index (χ0) is 16.9. The maximum atomic E-state index is 10.9. The molecular weight excluding hydrogens is 295 g/mol. The topological polar surface area (TPSA) is 35.5 Å². The zero-order valence-corrected chi connectivity index (χ0v) is 16.5. The molecule has 0 N–H and O–H groups in total. The lowest BCUT2D eigenvalue weighted by Crippen LogP contribution is -1.90. The van der Waals surface area contributed by atoms with Crippen LogP contribution in [-0.2, 0) is 13.6 Å². The normalized spacial score (nSPS) is 10.2. The summed E-state index contributed by atoms with van der Waals surface area (Å²) in [7, 11) is -1.85. The monoisotopic (exact) mass is 335 g/mol. The molecule has 0 bridgehead atoms. The van der Waals surface area contributed by atoms with E-state index in [1.165, 1.54) is 51.4 Å². The van der Waals surface area contributed by atoms with Gasteiger partial charge in [0.2, 0.25) is 0 Å². The number of unbranched alkanes of at least 4 members (excludes halogenated alkanes) is 9. The van der Waals surface area contributed by atoms with Gasteiger partial charge in [-0.25, -0.2) is 0 Å². The maximum Gasteiger partial charge on any atom is 0.697 e. The lowest BCUT2D eigenvalue weighted by Gasteiger charge is -1.97. The van der Waals surface area contributed by atoms with E-state index in [9.17, 15) is 4.57 Å². The summed E-state index contributed by atoms with van der Waals surface area (Å²) in [4.78, 5) is 0. The Hall–Kier alpha value is 0.0200. The Kier molecular flexibility index (Phi) is 25.7. The molecule has 0 saturated heterocycles. The third-order valence-electron chi connectivity index (χ3n) is 3.35. The number of hydrogen-bond donors (Lipinski definition) is 0. The van der Waals surface area contributed by atoms with Gasteiger partial charge in [-0.05, 0) is 12.8 Å². The van der Waals surface area contributed by atoms with Crippen LogP contribution in [0.3, 0.4) is 0 Å². The van der Waals surface area contributed by atoms with Crippen molar-refractivity contribution in [1.29, 1.82) is 0 Å². The Balaban J connectivity index is 0. The minimum Gasteiger partial charge on any atom is -0.119 e. The van der Waals surface area contributed by atoms with Crippen molar-refractivity contribution < 1.29 is 13.6 Å². The summed E-state index contributed by atoms with van der Waals surface area (Å²) in [5, 5.41) is 0. The molecule has 0 heterocycles. The number of hydrogen-bond acceptors (Lipinski definition) is 3. The zero-order valence-electron chi connectivity index (χ0n) is 15.6. The second-order valence-electron chi connectivity index (χ2n) is 5.72. The van der Waals surface area contributed by atoms with Crippen LogP contribution in [0, 0.1) is 0 Å². The van der Waals surface area contributed by atoms with E-state index < -0.39 is 8.25 Å². The molecule has 0 aromatic carbocycles. The van der Waals surface area contributed by atoms with Crippen LogP contribution in [-0.4, -0.2) is 13.2 Å². The van der Waals surface area contributed by atoms with E-state index in [4.69, 9.17) is 9.05 Å². The van der Waals surface area contributed by atoms with E-state index in [1.54, 1.807) is 0 Å². The van der Waals surface area contributed by atoms with Gasteiger partial charge in [0.25, 0.3) is 0 Å². The Morgan fingerprint density at radius 2 is 0.864 bits per heavy atom. The molecule has 22 heavy (non-hydrogen) atoms. The summed E-state index contributed by atoms with van der Waals surface area (Å²) in [5.41, 5.74) is 0. The van der Waals surface area contributed by atoms with Gasteiger partial charge in [0, 0.05) is 4.57 Å². The molecule has 0 atom stereocenters. The highest BCUT2D eigenvalue weighted by molar-refractivity contribution is 7.33. The Labute approximate surface area is 140 Å². The molecule has 4 heteroatoms. The molecule has 0 aromatic heterocycles. The van der Waals surface area contributed by atoms with Crippen LogP contribution in [0.15, 0.2) is 0 Å². The van der Waals surface area contributed by atoms with Crippen LogP contribution in [0.5, 0.6) is 0 Å². The summed E-state index contributed by atoms with van der Waals surface area (Å²) in [6.07, 6.45) is 15.5. The van der Waals surface area contributed by atoms with E-state index >= 15 is 0 Å². The van der Waals surface area contributed by atoms with Crippen molar-refractivity contribution in [2.45, 2.75) is 105 Å². The molecule has 0 fully saturated rings. The van der Waals surface area contributed by atoms with Gasteiger partial charge in [0.05, 0.1) is 0 Å². The van der Waals surface area contributed by atoms with Crippen LogP contribution in [0.4, 0.5) is 0 Å². The highest BCUT2D eigenvalue weighted by Crippen LogP contribution is 2.24. The van der Waals surface area contributed by atoms with Crippen LogP contribution in [0.25, 0.3) is 0 Å². The first kappa shape index (κ1) is 24.3. The Morgan fingerprint density at radius 1 is 0.545 bits per heavy atom. The molecule has 0 rings (SSSR count). The third kappa shape index (κ3) is 25.0. The van der Waals surface area contributed by atoms with Gasteiger partial charge in [0.15, 0.2) is 0 Å². The summed E-state index contributed by atoms with van der Waals surface area (Å²) in [6.45, 7) is 9.75. The quantitative estimate of drug-likeness (QED) is 0.231. The predicted octanol–water partition coefficient (Wildman–Crippen LogP) is 7.42. The summed E-state index contributed by atoms with van der Waals surface area (Å²) >= 11 is 0. The second-order valence-corrected chi connectivity index (χ2v) is 6.68. The molecule has 134 valence electrons. The lowest BCUT2D eigenvalue weighted by atomic mass is 10.1. The van der Waals surface area contributed by atoms with Crippen LogP contribution in [0.2, 0.25) is 0 Å². The first-order valence-corrected chi connectivity index (χ1v) is 10.5. The molecule has 3 nitrogen and oxygen atoms in total. The highest BCUT2D eigenvalue weighted by atomic mass is 31.1. The summed E-state index contributed by atoms with van der Waals surface area (Å²) < 4.78 is 20.7. The average Bonchev–Trinajstić information content (AvgIpc) is 2.52. The molecule has 0 saturated carbocycles. The first-order chi connectivity index (χ1) is 10.7. The van der Waals surface area contributed by atoms with E-state index in [2.05, 4.69) is 27.7 Å². The van der Waals surface area contributed by atoms with Gasteiger partial charge in [-0.1, -0.05) is 91.9 Å². The summed E-state index contributed by atoms with van der Waals surface area (Å²) in [6, 6.07) is 0. The average molecular weight is 335 g/mol. The van der Waals surface area contributed by atoms with E-state index in [0.29, 0.717) is 13.2 Å². The fraction of sp³-hybridized carbons (Fsp3) is 1.00. The molecule has 0 spiro atoms. The van der Waals surface area contributed by atoms with E-state index in [1.807, 2.05) is 0 Å². The van der Waals surface area contributed by atoms with Gasteiger partial charge in [-0.3, -0.25) is 0 Å². The largest absolute Gasteiger partial charge is 0.697 e. The van der Waals surface area contributed by atoms with Gasteiger partial charge < -0.3 is 0 Å². The van der Waals surface area contributed by atoms with Crippen molar-refractivity contribution in [2.75, 3.05) is 13.2 Å². The van der Waals surface area contributed by atoms with Gasteiger partial charge in [-0.15, -0.1) is 9.05 Å². The fourth-order valence-electron chi connectivity index (χ4n) is 1.81. The standard InChI is InChI=1S/C10H22.C8H18O3P/c1-3-5-7-9-10-8-6-4-2;1-3-5-7-10-12(9)11-8-6-4-2/h3-10H2,1-2H3;3-8H2,1-2H3/q;+1. The fourth-order valence-corrected chi connectivity index (χ4v) is 2.44. The maximum absolute atomic E-state index is 10.9. The molecule has 0 aliphatic heterocycles. The Morgan fingerprint density at radius 3 is 1.18 bits per heavy atom. The molecule has 0 unspecified atom stereocenters. The molecule has 0 aromatic rings. The van der Waals surface area contributed by atoms with E-state index in [-0.39, 0.29) is 0 Å². The van der Waals surface area contributed by atoms with Crippen LogP contribution >= 0.6 is 8.25 Å². The smallest absolute Gasteiger partial charge is 0.119 e. The molecule has 0 radical (unpaired) electrons. The molecule has 0 amide bonds. The Bertz CT molecular complexity index is 191. The SMILES string of the molecule is CCCCCCCCCC.CCCCO[P+](=O)OCCCC. The highest BCUT2D eigenvalue weighted by Gasteiger charge is 2.18. The second kappa shape index (κ2) is 23.3. The minimum absolute atomic E-state index is 0.540. The van der Waals surface area contributed by atoms with Crippen molar-refractivity contribution in [3.05, 3.63) is 0 Å².